The van der Waals surface area contributed by atoms with Gasteiger partial charge in [-0.1, -0.05) is 20.8 Å². The third-order valence-corrected chi connectivity index (χ3v) is 3.41. The third kappa shape index (κ3) is 3.43. The Kier molecular flexibility index (Phi) is 4.14. The van der Waals surface area contributed by atoms with Gasteiger partial charge in [-0.05, 0) is 18.3 Å². The van der Waals surface area contributed by atoms with Gasteiger partial charge in [0, 0.05) is 19.0 Å². The van der Waals surface area contributed by atoms with Gasteiger partial charge >= 0.3 is 0 Å². The molecule has 0 aromatic heterocycles. The molecule has 1 aliphatic rings. The standard InChI is InChI=1S/C12H23N3O2/c1-12(2,3)9(13)7-10(16)15-6-4-5-8(15)11(14)17/h8-9H,4-7,13H2,1-3H3,(H2,14,17). The highest BCUT2D eigenvalue weighted by Gasteiger charge is 2.34. The lowest BCUT2D eigenvalue weighted by molar-refractivity contribution is -0.138. The number of nitrogens with zero attached hydrogens (tertiary/aromatic N) is 1. The van der Waals surface area contributed by atoms with Crippen LogP contribution in [0.15, 0.2) is 0 Å². The molecule has 1 saturated heterocycles. The Balaban J connectivity index is 2.61. The summed E-state index contributed by atoms with van der Waals surface area (Å²) in [5, 5.41) is 0. The van der Waals surface area contributed by atoms with Crippen molar-refractivity contribution in [1.82, 2.24) is 4.90 Å². The zero-order valence-corrected chi connectivity index (χ0v) is 10.9. The Hall–Kier alpha value is -1.10. The molecule has 5 heteroatoms. The first-order valence-corrected chi connectivity index (χ1v) is 6.08. The quantitative estimate of drug-likeness (QED) is 0.741. The zero-order chi connectivity index (χ0) is 13.2. The highest BCUT2D eigenvalue weighted by atomic mass is 16.2. The first-order chi connectivity index (χ1) is 7.73. The number of likely N-dealkylation sites (tertiary alicyclic amines) is 1. The van der Waals surface area contributed by atoms with Crippen LogP contribution in [0.25, 0.3) is 0 Å². The average molecular weight is 241 g/mol. The van der Waals surface area contributed by atoms with Crippen molar-refractivity contribution >= 4 is 11.8 Å². The number of carbonyl (C=O) groups excluding carboxylic acids is 2. The van der Waals surface area contributed by atoms with E-state index in [1.54, 1.807) is 4.90 Å². The van der Waals surface area contributed by atoms with Crippen molar-refractivity contribution in [2.75, 3.05) is 6.54 Å². The van der Waals surface area contributed by atoms with Crippen LogP contribution in [0.5, 0.6) is 0 Å². The summed E-state index contributed by atoms with van der Waals surface area (Å²) in [6.07, 6.45) is 1.78. The molecule has 1 aliphatic heterocycles. The highest BCUT2D eigenvalue weighted by molar-refractivity contribution is 5.87. The molecule has 2 unspecified atom stereocenters. The van der Waals surface area contributed by atoms with Crippen LogP contribution in [-0.4, -0.2) is 35.3 Å². The van der Waals surface area contributed by atoms with E-state index in [0.717, 1.165) is 6.42 Å². The number of amides is 2. The first kappa shape index (κ1) is 14.0. The molecule has 1 heterocycles. The van der Waals surface area contributed by atoms with Gasteiger partial charge in [-0.25, -0.2) is 0 Å². The summed E-state index contributed by atoms with van der Waals surface area (Å²) in [7, 11) is 0. The molecule has 1 fully saturated rings. The Morgan fingerprint density at radius 2 is 2.00 bits per heavy atom. The predicted molar refractivity (Wildman–Crippen MR) is 66.0 cm³/mol. The minimum atomic E-state index is -0.435. The number of rotatable bonds is 3. The molecule has 0 aromatic rings. The van der Waals surface area contributed by atoms with Crippen LogP contribution >= 0.6 is 0 Å². The topological polar surface area (TPSA) is 89.4 Å². The lowest BCUT2D eigenvalue weighted by Crippen LogP contribution is -2.47. The fraction of sp³-hybridized carbons (Fsp3) is 0.833. The van der Waals surface area contributed by atoms with Gasteiger partial charge < -0.3 is 16.4 Å². The summed E-state index contributed by atoms with van der Waals surface area (Å²) >= 11 is 0. The van der Waals surface area contributed by atoms with Gasteiger partial charge in [0.25, 0.3) is 0 Å². The van der Waals surface area contributed by atoms with Crippen molar-refractivity contribution in [2.45, 2.75) is 52.1 Å². The molecule has 4 N–H and O–H groups in total. The van der Waals surface area contributed by atoms with Gasteiger partial charge in [-0.15, -0.1) is 0 Å². The lowest BCUT2D eigenvalue weighted by Gasteiger charge is -2.29. The van der Waals surface area contributed by atoms with E-state index in [1.165, 1.54) is 0 Å². The summed E-state index contributed by atoms with van der Waals surface area (Å²) < 4.78 is 0. The van der Waals surface area contributed by atoms with Gasteiger partial charge in [0.1, 0.15) is 6.04 Å². The van der Waals surface area contributed by atoms with Crippen LogP contribution in [0.1, 0.15) is 40.0 Å². The van der Waals surface area contributed by atoms with Crippen LogP contribution in [0, 0.1) is 5.41 Å². The molecule has 0 bridgehead atoms. The van der Waals surface area contributed by atoms with E-state index < -0.39 is 11.9 Å². The van der Waals surface area contributed by atoms with Gasteiger partial charge in [-0.2, -0.15) is 0 Å². The third-order valence-electron chi connectivity index (χ3n) is 3.41. The maximum Gasteiger partial charge on any atom is 0.240 e. The van der Waals surface area contributed by atoms with E-state index in [2.05, 4.69) is 0 Å². The number of hydrogen-bond donors (Lipinski definition) is 2. The fourth-order valence-electron chi connectivity index (χ4n) is 1.97. The fourth-order valence-corrected chi connectivity index (χ4v) is 1.97. The van der Waals surface area contributed by atoms with Crippen LogP contribution in [0.4, 0.5) is 0 Å². The summed E-state index contributed by atoms with van der Waals surface area (Å²) in [6.45, 7) is 6.62. The molecule has 17 heavy (non-hydrogen) atoms. The Bertz CT molecular complexity index is 309. The molecule has 0 spiro atoms. The van der Waals surface area contributed by atoms with E-state index in [1.807, 2.05) is 20.8 Å². The van der Waals surface area contributed by atoms with E-state index in [4.69, 9.17) is 11.5 Å². The Morgan fingerprint density at radius 1 is 1.41 bits per heavy atom. The average Bonchev–Trinajstić information content (AvgIpc) is 2.63. The minimum absolute atomic E-state index is 0.0614. The van der Waals surface area contributed by atoms with Crippen molar-refractivity contribution in [1.29, 1.82) is 0 Å². The highest BCUT2D eigenvalue weighted by Crippen LogP contribution is 2.23. The summed E-state index contributed by atoms with van der Waals surface area (Å²) in [5.41, 5.74) is 11.1. The zero-order valence-electron chi connectivity index (χ0n) is 10.9. The van der Waals surface area contributed by atoms with E-state index >= 15 is 0 Å². The van der Waals surface area contributed by atoms with Crippen molar-refractivity contribution in [3.8, 4) is 0 Å². The molecule has 0 radical (unpaired) electrons. The molecule has 0 saturated carbocycles. The van der Waals surface area contributed by atoms with E-state index in [9.17, 15) is 9.59 Å². The smallest absolute Gasteiger partial charge is 0.240 e. The van der Waals surface area contributed by atoms with Gasteiger partial charge in [0.15, 0.2) is 0 Å². The Morgan fingerprint density at radius 3 is 2.47 bits per heavy atom. The summed E-state index contributed by atoms with van der Waals surface area (Å²) in [5.74, 6) is -0.478. The second kappa shape index (κ2) is 5.04. The summed E-state index contributed by atoms with van der Waals surface area (Å²) in [4.78, 5) is 24.8. The maximum absolute atomic E-state index is 12.1. The minimum Gasteiger partial charge on any atom is -0.368 e. The largest absolute Gasteiger partial charge is 0.368 e. The molecular weight excluding hydrogens is 218 g/mol. The van der Waals surface area contributed by atoms with E-state index in [-0.39, 0.29) is 23.8 Å². The van der Waals surface area contributed by atoms with Gasteiger partial charge in [-0.3, -0.25) is 9.59 Å². The van der Waals surface area contributed by atoms with Crippen LogP contribution in [0.3, 0.4) is 0 Å². The van der Waals surface area contributed by atoms with E-state index in [0.29, 0.717) is 13.0 Å². The van der Waals surface area contributed by atoms with Crippen LogP contribution in [0.2, 0.25) is 0 Å². The number of nitrogens with two attached hydrogens (primary N) is 2. The Labute approximate surface area is 103 Å². The van der Waals surface area contributed by atoms with Gasteiger partial charge in [0.05, 0.1) is 0 Å². The molecule has 2 atom stereocenters. The second-order valence-electron chi connectivity index (χ2n) is 5.82. The van der Waals surface area contributed by atoms with Crippen molar-refractivity contribution in [2.24, 2.45) is 16.9 Å². The molecule has 1 rings (SSSR count). The predicted octanol–water partition coefficient (Wildman–Crippen LogP) is 0.226. The molecule has 98 valence electrons. The van der Waals surface area contributed by atoms with Crippen molar-refractivity contribution in [3.63, 3.8) is 0 Å². The maximum atomic E-state index is 12.1. The molecule has 2 amide bonds. The van der Waals surface area contributed by atoms with Crippen molar-refractivity contribution < 1.29 is 9.59 Å². The van der Waals surface area contributed by atoms with Crippen molar-refractivity contribution in [3.05, 3.63) is 0 Å². The van der Waals surface area contributed by atoms with Gasteiger partial charge in [0.2, 0.25) is 11.8 Å². The first-order valence-electron chi connectivity index (χ1n) is 6.08. The number of hydrogen-bond acceptors (Lipinski definition) is 3. The number of primary amides is 1. The lowest BCUT2D eigenvalue weighted by atomic mass is 9.85. The normalized spacial score (nSPS) is 22.6. The molecule has 0 aromatic carbocycles. The summed E-state index contributed by atoms with van der Waals surface area (Å²) in [6, 6.07) is -0.640. The molecule has 5 nitrogen and oxygen atoms in total. The molecule has 0 aliphatic carbocycles. The van der Waals surface area contributed by atoms with Crippen LogP contribution in [-0.2, 0) is 9.59 Å². The number of carbonyl (C=O) groups is 2. The SMILES string of the molecule is CC(C)(C)C(N)CC(=O)N1CCCC1C(N)=O. The monoisotopic (exact) mass is 241 g/mol. The molecular formula is C12H23N3O2. The van der Waals surface area contributed by atoms with Crippen LogP contribution < -0.4 is 11.5 Å². The second-order valence-corrected chi connectivity index (χ2v) is 5.82.